The van der Waals surface area contributed by atoms with Crippen molar-refractivity contribution in [2.45, 2.75) is 19.4 Å². The molecule has 0 aromatic heterocycles. The molecule has 0 saturated carbocycles. The molecule has 2 N–H and O–H groups in total. The van der Waals surface area contributed by atoms with Crippen LogP contribution in [0, 0.1) is 6.92 Å². The number of likely N-dealkylation sites (N-methyl/N-ethyl adjacent to an activating group) is 1. The zero-order chi connectivity index (χ0) is 14.6. The van der Waals surface area contributed by atoms with Crippen LogP contribution < -0.4 is 9.64 Å². The van der Waals surface area contributed by atoms with Gasteiger partial charge in [0.1, 0.15) is 11.8 Å². The number of nitrogens with zero attached hydrogens (tertiary/aromatic N) is 1. The smallest absolute Gasteiger partial charge is 0.326 e. The molecule has 0 saturated heterocycles. The van der Waals surface area contributed by atoms with E-state index in [0.29, 0.717) is 11.4 Å². The first-order chi connectivity index (χ1) is 8.86. The van der Waals surface area contributed by atoms with Crippen molar-refractivity contribution in [1.29, 1.82) is 0 Å². The van der Waals surface area contributed by atoms with Crippen molar-refractivity contribution in [2.75, 3.05) is 19.1 Å². The number of anilines is 1. The molecular weight excluding hydrogens is 250 g/mol. The normalized spacial score (nSPS) is 11.7. The average molecular weight is 267 g/mol. The number of carbonyl (C=O) groups is 2. The Labute approximate surface area is 111 Å². The van der Waals surface area contributed by atoms with Crippen LogP contribution in [0.15, 0.2) is 18.2 Å². The molecule has 19 heavy (non-hydrogen) atoms. The second-order valence-corrected chi connectivity index (χ2v) is 4.22. The number of aryl methyl sites for hydroxylation is 1. The predicted octanol–water partition coefficient (Wildman–Crippen LogP) is 1.37. The molecule has 1 rings (SSSR count). The summed E-state index contributed by atoms with van der Waals surface area (Å²) in [5, 5.41) is 17.8. The summed E-state index contributed by atoms with van der Waals surface area (Å²) in [6.07, 6.45) is -0.461. The van der Waals surface area contributed by atoms with Gasteiger partial charge in [-0.25, -0.2) is 4.79 Å². The Bertz CT molecular complexity index is 486. The van der Waals surface area contributed by atoms with E-state index in [1.807, 2.05) is 6.92 Å². The summed E-state index contributed by atoms with van der Waals surface area (Å²) in [5.41, 5.74) is 1.48. The molecule has 6 nitrogen and oxygen atoms in total. The van der Waals surface area contributed by atoms with Crippen LogP contribution in [0.5, 0.6) is 5.75 Å². The largest absolute Gasteiger partial charge is 0.496 e. The lowest BCUT2D eigenvalue weighted by atomic mass is 10.1. The lowest BCUT2D eigenvalue weighted by Crippen LogP contribution is -2.40. The van der Waals surface area contributed by atoms with E-state index in [0.717, 1.165) is 5.56 Å². The average Bonchev–Trinajstić information content (AvgIpc) is 2.34. The van der Waals surface area contributed by atoms with Gasteiger partial charge in [-0.3, -0.25) is 4.79 Å². The van der Waals surface area contributed by atoms with Gasteiger partial charge in [-0.1, -0.05) is 0 Å². The Morgan fingerprint density at radius 3 is 2.42 bits per heavy atom. The Balaban J connectivity index is 3.02. The first kappa shape index (κ1) is 14.8. The molecule has 0 amide bonds. The molecule has 0 aliphatic rings. The van der Waals surface area contributed by atoms with Crippen molar-refractivity contribution in [3.63, 3.8) is 0 Å². The molecule has 0 aliphatic heterocycles. The second kappa shape index (κ2) is 6.08. The van der Waals surface area contributed by atoms with Gasteiger partial charge in [0.15, 0.2) is 0 Å². The first-order valence-corrected chi connectivity index (χ1v) is 5.69. The molecule has 1 unspecified atom stereocenters. The minimum Gasteiger partial charge on any atom is -0.496 e. The highest BCUT2D eigenvalue weighted by molar-refractivity contribution is 5.84. The maximum atomic E-state index is 11.1. The molecule has 1 atom stereocenters. The monoisotopic (exact) mass is 267 g/mol. The lowest BCUT2D eigenvalue weighted by Gasteiger charge is -2.26. The van der Waals surface area contributed by atoms with Gasteiger partial charge in [-0.2, -0.15) is 0 Å². The van der Waals surface area contributed by atoms with E-state index in [4.69, 9.17) is 14.9 Å². The standard InChI is InChI=1S/C13H17NO5/c1-8-6-9(4-5-11(8)19-3)14(2)10(13(17)18)7-12(15)16/h4-6,10H,7H2,1-3H3,(H,15,16)(H,17,18). The number of hydrogen-bond donors (Lipinski definition) is 2. The summed E-state index contributed by atoms with van der Waals surface area (Å²) in [6.45, 7) is 1.84. The van der Waals surface area contributed by atoms with Gasteiger partial charge in [0, 0.05) is 12.7 Å². The Hall–Kier alpha value is -2.24. The van der Waals surface area contributed by atoms with Gasteiger partial charge in [0.25, 0.3) is 0 Å². The van der Waals surface area contributed by atoms with Crippen molar-refractivity contribution >= 4 is 17.6 Å². The number of carboxylic acids is 2. The summed E-state index contributed by atoms with van der Waals surface area (Å²) in [5.74, 6) is -1.62. The summed E-state index contributed by atoms with van der Waals surface area (Å²) in [4.78, 5) is 23.3. The zero-order valence-electron chi connectivity index (χ0n) is 11.1. The molecule has 0 fully saturated rings. The molecule has 1 aromatic carbocycles. The predicted molar refractivity (Wildman–Crippen MR) is 69.8 cm³/mol. The fourth-order valence-electron chi connectivity index (χ4n) is 1.82. The van der Waals surface area contributed by atoms with E-state index in [-0.39, 0.29) is 0 Å². The van der Waals surface area contributed by atoms with E-state index in [9.17, 15) is 9.59 Å². The summed E-state index contributed by atoms with van der Waals surface area (Å²) >= 11 is 0. The highest BCUT2D eigenvalue weighted by atomic mass is 16.5. The molecule has 1 aromatic rings. The van der Waals surface area contributed by atoms with Crippen LogP contribution in [0.25, 0.3) is 0 Å². The SMILES string of the molecule is COc1ccc(N(C)C(CC(=O)O)C(=O)O)cc1C. The number of ether oxygens (including phenoxy) is 1. The number of benzene rings is 1. The van der Waals surface area contributed by atoms with E-state index in [1.165, 1.54) is 4.90 Å². The molecule has 0 aliphatic carbocycles. The zero-order valence-corrected chi connectivity index (χ0v) is 11.1. The molecule has 0 radical (unpaired) electrons. The van der Waals surface area contributed by atoms with Gasteiger partial charge in [0.05, 0.1) is 13.5 Å². The highest BCUT2D eigenvalue weighted by Crippen LogP contribution is 2.25. The summed E-state index contributed by atoms with van der Waals surface area (Å²) < 4.78 is 5.12. The Morgan fingerprint density at radius 1 is 1.37 bits per heavy atom. The maximum absolute atomic E-state index is 11.1. The Kier molecular flexibility index (Phi) is 4.74. The molecule has 0 heterocycles. The molecular formula is C13H17NO5. The van der Waals surface area contributed by atoms with Crippen LogP contribution >= 0.6 is 0 Å². The van der Waals surface area contributed by atoms with Crippen LogP contribution in [-0.2, 0) is 9.59 Å². The van der Waals surface area contributed by atoms with Gasteiger partial charge >= 0.3 is 11.9 Å². The molecule has 104 valence electrons. The maximum Gasteiger partial charge on any atom is 0.326 e. The highest BCUT2D eigenvalue weighted by Gasteiger charge is 2.26. The van der Waals surface area contributed by atoms with Crippen molar-refractivity contribution < 1.29 is 24.5 Å². The number of carboxylic acid groups (broad SMARTS) is 2. The fourth-order valence-corrected chi connectivity index (χ4v) is 1.82. The number of hydrogen-bond acceptors (Lipinski definition) is 4. The van der Waals surface area contributed by atoms with Crippen LogP contribution in [0.3, 0.4) is 0 Å². The number of methoxy groups -OCH3 is 1. The van der Waals surface area contributed by atoms with Crippen LogP contribution in [0.4, 0.5) is 5.69 Å². The van der Waals surface area contributed by atoms with E-state index >= 15 is 0 Å². The van der Waals surface area contributed by atoms with Crippen LogP contribution in [0.1, 0.15) is 12.0 Å². The third-order valence-electron chi connectivity index (χ3n) is 2.91. The fraction of sp³-hybridized carbons (Fsp3) is 0.385. The second-order valence-electron chi connectivity index (χ2n) is 4.22. The van der Waals surface area contributed by atoms with E-state index in [1.54, 1.807) is 32.4 Å². The van der Waals surface area contributed by atoms with Gasteiger partial charge in [0.2, 0.25) is 0 Å². The third-order valence-corrected chi connectivity index (χ3v) is 2.91. The van der Waals surface area contributed by atoms with Crippen LogP contribution in [-0.4, -0.2) is 42.4 Å². The van der Waals surface area contributed by atoms with Gasteiger partial charge in [-0.15, -0.1) is 0 Å². The molecule has 0 spiro atoms. The minimum absolute atomic E-state index is 0.461. The van der Waals surface area contributed by atoms with Crippen molar-refractivity contribution in [1.82, 2.24) is 0 Å². The van der Waals surface area contributed by atoms with Crippen molar-refractivity contribution in [3.05, 3.63) is 23.8 Å². The van der Waals surface area contributed by atoms with Gasteiger partial charge < -0.3 is 19.8 Å². The quantitative estimate of drug-likeness (QED) is 0.809. The summed E-state index contributed by atoms with van der Waals surface area (Å²) in [7, 11) is 3.11. The topological polar surface area (TPSA) is 87.1 Å². The third kappa shape index (κ3) is 3.61. The lowest BCUT2D eigenvalue weighted by molar-refractivity contribution is -0.145. The first-order valence-electron chi connectivity index (χ1n) is 5.69. The number of rotatable bonds is 6. The summed E-state index contributed by atoms with van der Waals surface area (Å²) in [6, 6.07) is 4.08. The van der Waals surface area contributed by atoms with E-state index in [2.05, 4.69) is 0 Å². The Morgan fingerprint density at radius 2 is 2.00 bits per heavy atom. The number of aliphatic carboxylic acids is 2. The molecule has 0 bridgehead atoms. The molecule has 6 heteroatoms. The van der Waals surface area contributed by atoms with Crippen LogP contribution in [0.2, 0.25) is 0 Å². The van der Waals surface area contributed by atoms with Crippen molar-refractivity contribution in [3.8, 4) is 5.75 Å². The van der Waals surface area contributed by atoms with Gasteiger partial charge in [-0.05, 0) is 30.7 Å². The van der Waals surface area contributed by atoms with Crippen molar-refractivity contribution in [2.24, 2.45) is 0 Å². The van der Waals surface area contributed by atoms with E-state index < -0.39 is 24.4 Å². The minimum atomic E-state index is -1.17.